The van der Waals surface area contributed by atoms with Crippen molar-refractivity contribution >= 4 is 17.5 Å². The van der Waals surface area contributed by atoms with Crippen molar-refractivity contribution in [1.29, 1.82) is 0 Å². The molecule has 0 spiro atoms. The van der Waals surface area contributed by atoms with E-state index in [1.165, 1.54) is 24.3 Å². The number of aromatic nitrogens is 2. The minimum absolute atomic E-state index is 0.0892. The standard InChI is InChI=1S/C23H25N5O4/c1-15-20-18(26-27-22(30)16-6-8-17(29)9-7-16)4-2-5-19(20)32-21(15)23(31)25-10-3-12-28-13-11-24-14-28/h6-9,11,13-14,29H,2-5,10,12H2,1H3,(H,25,31)(H,27,30)/b26-18+. The smallest absolute Gasteiger partial charge is 0.287 e. The van der Waals surface area contributed by atoms with Crippen LogP contribution >= 0.6 is 0 Å². The predicted molar refractivity (Wildman–Crippen MR) is 118 cm³/mol. The molecule has 32 heavy (non-hydrogen) atoms. The lowest BCUT2D eigenvalue weighted by Crippen LogP contribution is -2.25. The monoisotopic (exact) mass is 435 g/mol. The van der Waals surface area contributed by atoms with Gasteiger partial charge in [0.1, 0.15) is 11.5 Å². The second-order valence-corrected chi connectivity index (χ2v) is 7.66. The van der Waals surface area contributed by atoms with Crippen LogP contribution in [0.25, 0.3) is 0 Å². The first-order chi connectivity index (χ1) is 15.5. The highest BCUT2D eigenvalue weighted by Crippen LogP contribution is 2.29. The summed E-state index contributed by atoms with van der Waals surface area (Å²) in [5, 5.41) is 16.6. The van der Waals surface area contributed by atoms with E-state index in [1.807, 2.05) is 17.7 Å². The third-order valence-electron chi connectivity index (χ3n) is 5.39. The molecular formula is C23H25N5O4. The molecule has 0 aliphatic heterocycles. The molecule has 0 saturated heterocycles. The van der Waals surface area contributed by atoms with Crippen LogP contribution in [0.4, 0.5) is 0 Å². The molecule has 2 amide bonds. The fourth-order valence-corrected chi connectivity index (χ4v) is 3.76. The van der Waals surface area contributed by atoms with Crippen LogP contribution in [0.5, 0.6) is 5.75 Å². The number of hydrazone groups is 1. The van der Waals surface area contributed by atoms with Gasteiger partial charge < -0.3 is 19.4 Å². The number of phenols is 1. The summed E-state index contributed by atoms with van der Waals surface area (Å²) in [4.78, 5) is 29.0. The van der Waals surface area contributed by atoms with Crippen LogP contribution in [-0.4, -0.2) is 38.7 Å². The summed E-state index contributed by atoms with van der Waals surface area (Å²) >= 11 is 0. The van der Waals surface area contributed by atoms with Crippen LogP contribution in [0.15, 0.2) is 52.5 Å². The Morgan fingerprint density at radius 2 is 2.03 bits per heavy atom. The van der Waals surface area contributed by atoms with Crippen molar-refractivity contribution in [3.8, 4) is 5.75 Å². The molecule has 0 saturated carbocycles. The molecule has 0 radical (unpaired) electrons. The lowest BCUT2D eigenvalue weighted by molar-refractivity contribution is 0.0920. The summed E-state index contributed by atoms with van der Waals surface area (Å²) in [6, 6.07) is 5.94. The van der Waals surface area contributed by atoms with E-state index in [0.717, 1.165) is 42.7 Å². The number of aryl methyl sites for hydroxylation is 2. The molecule has 166 valence electrons. The van der Waals surface area contributed by atoms with Crippen molar-refractivity contribution < 1.29 is 19.1 Å². The van der Waals surface area contributed by atoms with Crippen LogP contribution in [0.3, 0.4) is 0 Å². The number of carbonyl (C=O) groups excluding carboxylic acids is 2. The maximum atomic E-state index is 12.7. The van der Waals surface area contributed by atoms with Gasteiger partial charge in [0.2, 0.25) is 0 Å². The molecule has 9 heteroatoms. The number of nitrogens with zero attached hydrogens (tertiary/aromatic N) is 3. The van der Waals surface area contributed by atoms with Crippen LogP contribution in [0.2, 0.25) is 0 Å². The van der Waals surface area contributed by atoms with Crippen molar-refractivity contribution in [1.82, 2.24) is 20.3 Å². The summed E-state index contributed by atoms with van der Waals surface area (Å²) in [7, 11) is 0. The Balaban J connectivity index is 1.42. The van der Waals surface area contributed by atoms with Crippen molar-refractivity contribution in [2.24, 2.45) is 5.10 Å². The first kappa shape index (κ1) is 21.4. The lowest BCUT2D eigenvalue weighted by atomic mass is 9.93. The highest BCUT2D eigenvalue weighted by molar-refractivity contribution is 6.07. The predicted octanol–water partition coefficient (Wildman–Crippen LogP) is 2.78. The molecule has 0 fully saturated rings. The first-order valence-corrected chi connectivity index (χ1v) is 10.6. The molecule has 3 N–H and O–H groups in total. The number of hydrogen-bond donors (Lipinski definition) is 3. The number of fused-ring (bicyclic) bond motifs is 1. The summed E-state index contributed by atoms with van der Waals surface area (Å²) in [5.41, 5.74) is 5.18. The second-order valence-electron chi connectivity index (χ2n) is 7.66. The molecule has 9 nitrogen and oxygen atoms in total. The third-order valence-corrected chi connectivity index (χ3v) is 5.39. The summed E-state index contributed by atoms with van der Waals surface area (Å²) in [5.74, 6) is 0.468. The Labute approximate surface area is 185 Å². The zero-order valence-electron chi connectivity index (χ0n) is 17.8. The Kier molecular flexibility index (Phi) is 6.34. The zero-order valence-corrected chi connectivity index (χ0v) is 17.8. The Bertz CT molecular complexity index is 1130. The number of amides is 2. The Morgan fingerprint density at radius 1 is 1.22 bits per heavy atom. The van der Waals surface area contributed by atoms with Gasteiger partial charge in [0, 0.05) is 48.6 Å². The maximum absolute atomic E-state index is 12.7. The molecule has 2 heterocycles. The summed E-state index contributed by atoms with van der Waals surface area (Å²) < 4.78 is 7.84. The molecule has 1 aliphatic rings. The van der Waals surface area contributed by atoms with Gasteiger partial charge in [-0.15, -0.1) is 0 Å². The number of carbonyl (C=O) groups is 2. The molecule has 0 atom stereocenters. The first-order valence-electron chi connectivity index (χ1n) is 10.6. The van der Waals surface area contributed by atoms with Crippen molar-refractivity contribution in [3.63, 3.8) is 0 Å². The van der Waals surface area contributed by atoms with Gasteiger partial charge in [-0.05, 0) is 50.5 Å². The second kappa shape index (κ2) is 9.51. The van der Waals surface area contributed by atoms with Crippen LogP contribution in [0, 0.1) is 6.92 Å². The van der Waals surface area contributed by atoms with Crippen LogP contribution < -0.4 is 10.7 Å². The zero-order chi connectivity index (χ0) is 22.5. The molecular weight excluding hydrogens is 410 g/mol. The normalized spacial score (nSPS) is 14.2. The van der Waals surface area contributed by atoms with Crippen molar-refractivity contribution in [2.45, 2.75) is 39.2 Å². The fraction of sp³-hybridized carbons (Fsp3) is 0.304. The van der Waals surface area contributed by atoms with E-state index in [4.69, 9.17) is 4.42 Å². The minimum atomic E-state index is -0.373. The number of phenolic OH excluding ortho intramolecular Hbond substituents is 1. The largest absolute Gasteiger partial charge is 0.508 e. The molecule has 4 rings (SSSR count). The number of imidazole rings is 1. The van der Waals surface area contributed by atoms with Gasteiger partial charge in [-0.2, -0.15) is 5.10 Å². The van der Waals surface area contributed by atoms with Crippen LogP contribution in [-0.2, 0) is 13.0 Å². The highest BCUT2D eigenvalue weighted by Gasteiger charge is 2.28. The number of furan rings is 1. The van der Waals surface area contributed by atoms with E-state index in [-0.39, 0.29) is 23.3 Å². The van der Waals surface area contributed by atoms with E-state index in [9.17, 15) is 14.7 Å². The topological polar surface area (TPSA) is 122 Å². The molecule has 0 bridgehead atoms. The SMILES string of the molecule is Cc1c(C(=O)NCCCn2ccnc2)oc2c1/C(=N/NC(=O)c1ccc(O)cc1)CCC2. The van der Waals surface area contributed by atoms with E-state index >= 15 is 0 Å². The molecule has 1 aromatic carbocycles. The molecule has 2 aromatic heterocycles. The van der Waals surface area contributed by atoms with Gasteiger partial charge in [-0.1, -0.05) is 0 Å². The van der Waals surface area contributed by atoms with Gasteiger partial charge >= 0.3 is 0 Å². The third kappa shape index (κ3) is 4.72. The summed E-state index contributed by atoms with van der Waals surface area (Å²) in [6.07, 6.45) is 8.34. The lowest BCUT2D eigenvalue weighted by Gasteiger charge is -2.13. The number of benzene rings is 1. The van der Waals surface area contributed by atoms with Gasteiger partial charge in [0.05, 0.1) is 12.0 Å². The van der Waals surface area contributed by atoms with Crippen molar-refractivity contribution in [2.75, 3.05) is 6.54 Å². The van der Waals surface area contributed by atoms with E-state index < -0.39 is 0 Å². The molecule has 3 aromatic rings. The van der Waals surface area contributed by atoms with E-state index in [1.54, 1.807) is 12.5 Å². The summed E-state index contributed by atoms with van der Waals surface area (Å²) in [6.45, 7) is 3.13. The fourth-order valence-electron chi connectivity index (χ4n) is 3.76. The highest BCUT2D eigenvalue weighted by atomic mass is 16.4. The van der Waals surface area contributed by atoms with Crippen LogP contribution in [0.1, 0.15) is 57.1 Å². The van der Waals surface area contributed by atoms with E-state index in [2.05, 4.69) is 20.8 Å². The minimum Gasteiger partial charge on any atom is -0.508 e. The average Bonchev–Trinajstić information content (AvgIpc) is 3.43. The maximum Gasteiger partial charge on any atom is 0.287 e. The number of hydrogen-bond acceptors (Lipinski definition) is 6. The van der Waals surface area contributed by atoms with Gasteiger partial charge in [0.25, 0.3) is 11.8 Å². The van der Waals surface area contributed by atoms with Crippen molar-refractivity contribution in [3.05, 3.63) is 71.2 Å². The quantitative estimate of drug-likeness (QED) is 0.389. The van der Waals surface area contributed by atoms with Gasteiger partial charge in [-0.25, -0.2) is 10.4 Å². The number of nitrogens with one attached hydrogen (secondary N) is 2. The average molecular weight is 435 g/mol. The Hall–Kier alpha value is -3.88. The number of rotatable bonds is 7. The molecule has 1 aliphatic carbocycles. The van der Waals surface area contributed by atoms with Gasteiger partial charge in [0.15, 0.2) is 5.76 Å². The molecule has 0 unspecified atom stereocenters. The Morgan fingerprint density at radius 3 is 2.78 bits per heavy atom. The van der Waals surface area contributed by atoms with E-state index in [0.29, 0.717) is 24.2 Å². The van der Waals surface area contributed by atoms with Gasteiger partial charge in [-0.3, -0.25) is 9.59 Å². The number of aromatic hydroxyl groups is 1.